The van der Waals surface area contributed by atoms with Gasteiger partial charge in [-0.2, -0.15) is 0 Å². The van der Waals surface area contributed by atoms with Gasteiger partial charge in [0, 0.05) is 19.0 Å². The topological polar surface area (TPSA) is 59.7 Å². The van der Waals surface area contributed by atoms with Crippen LogP contribution in [0.25, 0.3) is 5.65 Å². The highest BCUT2D eigenvalue weighted by molar-refractivity contribution is 5.88. The van der Waals surface area contributed by atoms with Crippen LogP contribution in [0.3, 0.4) is 0 Å². The second-order valence-electron chi connectivity index (χ2n) is 6.51. The third kappa shape index (κ3) is 3.22. The van der Waals surface area contributed by atoms with E-state index in [0.717, 1.165) is 18.8 Å². The van der Waals surface area contributed by atoms with Gasteiger partial charge in [-0.15, -0.1) is 10.2 Å². The first-order valence-electron chi connectivity index (χ1n) is 8.25. The number of aromatic nitrogens is 3. The predicted octanol–water partition coefficient (Wildman–Crippen LogP) is 2.18. The first-order valence-corrected chi connectivity index (χ1v) is 8.25. The molecule has 0 spiro atoms. The fourth-order valence-corrected chi connectivity index (χ4v) is 3.39. The monoisotopic (exact) mass is 316 g/mol. The van der Waals surface area contributed by atoms with Gasteiger partial charge in [0.15, 0.2) is 5.65 Å². The van der Waals surface area contributed by atoms with Crippen LogP contribution in [0, 0.1) is 5.92 Å². The number of fused-ring (bicyclic) bond motifs is 1. The van der Waals surface area contributed by atoms with Gasteiger partial charge in [0.2, 0.25) is 0 Å². The number of hydrogen-bond acceptors (Lipinski definition) is 5. The van der Waals surface area contributed by atoms with Crippen molar-refractivity contribution in [3.05, 3.63) is 29.7 Å². The van der Waals surface area contributed by atoms with Crippen LogP contribution in [0.1, 0.15) is 43.0 Å². The molecule has 124 valence electrons. The molecule has 0 amide bonds. The Morgan fingerprint density at radius 1 is 1.39 bits per heavy atom. The Morgan fingerprint density at radius 3 is 2.96 bits per heavy atom. The van der Waals surface area contributed by atoms with Crippen molar-refractivity contribution in [3.8, 4) is 0 Å². The van der Waals surface area contributed by atoms with Crippen LogP contribution in [0.2, 0.25) is 0 Å². The lowest BCUT2D eigenvalue weighted by atomic mass is 9.93. The Balaban J connectivity index is 1.87. The van der Waals surface area contributed by atoms with Gasteiger partial charge in [-0.25, -0.2) is 4.79 Å². The molecule has 0 aliphatic carbocycles. The van der Waals surface area contributed by atoms with Crippen LogP contribution in [0.15, 0.2) is 18.2 Å². The van der Waals surface area contributed by atoms with E-state index in [1.165, 1.54) is 26.5 Å². The summed E-state index contributed by atoms with van der Waals surface area (Å²) in [5, 5.41) is 8.53. The molecule has 1 atom stereocenters. The quantitative estimate of drug-likeness (QED) is 0.809. The Morgan fingerprint density at radius 2 is 2.22 bits per heavy atom. The van der Waals surface area contributed by atoms with Gasteiger partial charge in [0.05, 0.1) is 7.11 Å². The fraction of sp³-hybridized carbons (Fsp3) is 0.588. The molecule has 3 heterocycles. The minimum absolute atomic E-state index is 0.357. The molecular formula is C17H24N4O2. The summed E-state index contributed by atoms with van der Waals surface area (Å²) in [7, 11) is 1.40. The summed E-state index contributed by atoms with van der Waals surface area (Å²) in [5.41, 5.74) is 1.18. The smallest absolute Gasteiger partial charge is 0.355 e. The molecule has 6 nitrogen and oxygen atoms in total. The van der Waals surface area contributed by atoms with Crippen molar-refractivity contribution >= 4 is 11.6 Å². The summed E-state index contributed by atoms with van der Waals surface area (Å²) >= 11 is 0. The number of esters is 1. The molecule has 0 N–H and O–H groups in total. The highest BCUT2D eigenvalue weighted by atomic mass is 16.5. The third-order valence-corrected chi connectivity index (χ3v) is 4.64. The lowest BCUT2D eigenvalue weighted by molar-refractivity contribution is 0.0591. The summed E-state index contributed by atoms with van der Waals surface area (Å²) in [4.78, 5) is 14.5. The van der Waals surface area contributed by atoms with Crippen molar-refractivity contribution in [1.82, 2.24) is 19.5 Å². The highest BCUT2D eigenvalue weighted by Crippen LogP contribution is 2.22. The van der Waals surface area contributed by atoms with Crippen LogP contribution < -0.4 is 0 Å². The number of nitrogens with zero attached hydrogens (tertiary/aromatic N) is 4. The molecule has 0 radical (unpaired) electrons. The number of pyridine rings is 1. The molecule has 0 aromatic carbocycles. The molecule has 2 aromatic rings. The van der Waals surface area contributed by atoms with Gasteiger partial charge in [-0.05, 0) is 51.3 Å². The molecule has 0 saturated carbocycles. The van der Waals surface area contributed by atoms with E-state index in [2.05, 4.69) is 28.9 Å². The molecule has 3 rings (SSSR count). The van der Waals surface area contributed by atoms with Crippen molar-refractivity contribution in [2.75, 3.05) is 20.2 Å². The molecule has 1 unspecified atom stereocenters. The predicted molar refractivity (Wildman–Crippen MR) is 87.5 cm³/mol. The molecule has 2 aromatic heterocycles. The number of likely N-dealkylation sites (tertiary alicyclic amines) is 1. The van der Waals surface area contributed by atoms with Crippen molar-refractivity contribution < 1.29 is 9.53 Å². The standard InChI is InChI=1S/C17H24N4O2/c1-12(2)20-9-5-6-13(11-20)10-16-19-18-15-8-4-7-14(21(15)16)17(22)23-3/h4,7-8,12-13H,5-6,9-11H2,1-3H3. The maximum atomic E-state index is 12.0. The summed E-state index contributed by atoms with van der Waals surface area (Å²) < 4.78 is 6.72. The van der Waals surface area contributed by atoms with E-state index >= 15 is 0 Å². The van der Waals surface area contributed by atoms with Crippen molar-refractivity contribution in [2.45, 2.75) is 39.2 Å². The average molecular weight is 316 g/mol. The lowest BCUT2D eigenvalue weighted by Crippen LogP contribution is -2.40. The number of carbonyl (C=O) groups excluding carboxylic acids is 1. The number of rotatable bonds is 4. The summed E-state index contributed by atoms with van der Waals surface area (Å²) in [6, 6.07) is 6.00. The van der Waals surface area contributed by atoms with Gasteiger partial charge in [-0.1, -0.05) is 6.07 Å². The van der Waals surface area contributed by atoms with E-state index < -0.39 is 0 Å². The van der Waals surface area contributed by atoms with Crippen LogP contribution in [0.5, 0.6) is 0 Å². The second-order valence-corrected chi connectivity index (χ2v) is 6.51. The molecule has 1 saturated heterocycles. The van der Waals surface area contributed by atoms with Crippen LogP contribution >= 0.6 is 0 Å². The van der Waals surface area contributed by atoms with Crippen LogP contribution in [-0.2, 0) is 11.2 Å². The number of ether oxygens (including phenoxy) is 1. The van der Waals surface area contributed by atoms with Crippen LogP contribution in [0.4, 0.5) is 0 Å². The molecule has 1 aliphatic rings. The molecule has 1 aliphatic heterocycles. The zero-order valence-electron chi connectivity index (χ0n) is 14.0. The van der Waals surface area contributed by atoms with E-state index in [4.69, 9.17) is 4.74 Å². The van der Waals surface area contributed by atoms with Gasteiger partial charge in [-0.3, -0.25) is 4.40 Å². The average Bonchev–Trinajstić information content (AvgIpc) is 2.97. The highest BCUT2D eigenvalue weighted by Gasteiger charge is 2.24. The first-order chi connectivity index (χ1) is 11.1. The molecule has 1 fully saturated rings. The Bertz CT molecular complexity index is 695. The maximum Gasteiger partial charge on any atom is 0.355 e. The van der Waals surface area contributed by atoms with Crippen molar-refractivity contribution in [3.63, 3.8) is 0 Å². The lowest BCUT2D eigenvalue weighted by Gasteiger charge is -2.35. The van der Waals surface area contributed by atoms with Crippen molar-refractivity contribution in [2.24, 2.45) is 5.92 Å². The van der Waals surface area contributed by atoms with Crippen LogP contribution in [-0.4, -0.2) is 51.7 Å². The van der Waals surface area contributed by atoms with Gasteiger partial charge in [0.1, 0.15) is 11.5 Å². The summed E-state index contributed by atoms with van der Waals surface area (Å²) in [5.74, 6) is 1.03. The maximum absolute atomic E-state index is 12.0. The van der Waals surface area contributed by atoms with E-state index in [0.29, 0.717) is 23.3 Å². The molecule has 0 bridgehead atoms. The fourth-order valence-electron chi connectivity index (χ4n) is 3.39. The molecule has 23 heavy (non-hydrogen) atoms. The SMILES string of the molecule is COC(=O)c1cccc2nnc(CC3CCCN(C(C)C)C3)n12. The Kier molecular flexibility index (Phi) is 4.61. The van der Waals surface area contributed by atoms with Gasteiger partial charge < -0.3 is 9.64 Å². The van der Waals surface area contributed by atoms with Gasteiger partial charge in [0.25, 0.3) is 0 Å². The normalized spacial score (nSPS) is 19.4. The molecule has 6 heteroatoms. The first kappa shape index (κ1) is 15.9. The van der Waals surface area contributed by atoms with Crippen molar-refractivity contribution in [1.29, 1.82) is 0 Å². The summed E-state index contributed by atoms with van der Waals surface area (Å²) in [6.45, 7) is 6.73. The van der Waals surface area contributed by atoms with E-state index in [1.807, 2.05) is 10.5 Å². The number of carbonyl (C=O) groups is 1. The number of methoxy groups -OCH3 is 1. The van der Waals surface area contributed by atoms with Gasteiger partial charge >= 0.3 is 5.97 Å². The van der Waals surface area contributed by atoms with E-state index in [1.54, 1.807) is 12.1 Å². The Labute approximate surface area is 136 Å². The summed E-state index contributed by atoms with van der Waals surface area (Å²) in [6.07, 6.45) is 3.24. The zero-order valence-corrected chi connectivity index (χ0v) is 14.0. The van der Waals surface area contributed by atoms with E-state index in [-0.39, 0.29) is 5.97 Å². The Hall–Kier alpha value is -1.95. The number of hydrogen-bond donors (Lipinski definition) is 0. The second kappa shape index (κ2) is 6.66. The molecular weight excluding hydrogens is 292 g/mol. The largest absolute Gasteiger partial charge is 0.464 e. The van der Waals surface area contributed by atoms with E-state index in [9.17, 15) is 4.79 Å². The zero-order chi connectivity index (χ0) is 16.4. The third-order valence-electron chi connectivity index (χ3n) is 4.64. The minimum atomic E-state index is -0.357. The minimum Gasteiger partial charge on any atom is -0.464 e. The number of piperidine rings is 1.